The number of halogens is 1. The van der Waals surface area contributed by atoms with E-state index in [1.807, 2.05) is 26.0 Å². The van der Waals surface area contributed by atoms with E-state index in [0.717, 1.165) is 18.4 Å². The quantitative estimate of drug-likeness (QED) is 0.422. The van der Waals surface area contributed by atoms with Gasteiger partial charge in [0.2, 0.25) is 5.78 Å². The number of aliphatic hydroxyl groups is 1. The van der Waals surface area contributed by atoms with E-state index in [4.69, 9.17) is 9.47 Å². The van der Waals surface area contributed by atoms with Crippen molar-refractivity contribution in [1.82, 2.24) is 0 Å². The fourth-order valence-corrected chi connectivity index (χ4v) is 7.97. The molecule has 1 unspecified atom stereocenters. The second kappa shape index (κ2) is 5.90. The van der Waals surface area contributed by atoms with Gasteiger partial charge in [-0.05, 0) is 58.8 Å². The maximum Gasteiger partial charge on any atom is 0.230 e. The van der Waals surface area contributed by atoms with Gasteiger partial charge in [0.1, 0.15) is 0 Å². The fourth-order valence-electron chi connectivity index (χ4n) is 7.97. The highest BCUT2D eigenvalue weighted by Crippen LogP contribution is 2.72. The van der Waals surface area contributed by atoms with Gasteiger partial charge in [-0.1, -0.05) is 30.7 Å². The maximum atomic E-state index is 17.1. The van der Waals surface area contributed by atoms with Gasteiger partial charge < -0.3 is 14.6 Å². The molecule has 0 radical (unpaired) electrons. The van der Waals surface area contributed by atoms with E-state index in [9.17, 15) is 14.7 Å². The van der Waals surface area contributed by atoms with E-state index >= 15 is 4.39 Å². The molecule has 1 heterocycles. The van der Waals surface area contributed by atoms with E-state index in [0.29, 0.717) is 19.1 Å². The van der Waals surface area contributed by atoms with Gasteiger partial charge in [0.25, 0.3) is 0 Å². The molecule has 6 heteroatoms. The predicted octanol–water partition coefficient (Wildman–Crippen LogP) is 3.45. The lowest BCUT2D eigenvalue weighted by molar-refractivity contribution is -0.244. The number of aliphatic hydroxyl groups excluding tert-OH is 1. The first-order valence-corrected chi connectivity index (χ1v) is 11.1. The predicted molar refractivity (Wildman–Crippen MR) is 107 cm³/mol. The molecule has 4 fully saturated rings. The number of carbonyl (C=O) groups is 2. The van der Waals surface area contributed by atoms with Gasteiger partial charge in [-0.2, -0.15) is 0 Å². The summed E-state index contributed by atoms with van der Waals surface area (Å²) in [6, 6.07) is 0. The van der Waals surface area contributed by atoms with Crippen molar-refractivity contribution in [1.29, 1.82) is 0 Å². The van der Waals surface area contributed by atoms with Gasteiger partial charge >= 0.3 is 0 Å². The molecule has 0 aromatic carbocycles. The Morgan fingerprint density at radius 3 is 2.70 bits per heavy atom. The molecule has 8 atom stereocenters. The van der Waals surface area contributed by atoms with Crippen LogP contribution in [0, 0.1) is 22.7 Å². The molecule has 1 N–H and O–H groups in total. The number of hydrogen-bond donors (Lipinski definition) is 1. The van der Waals surface area contributed by atoms with Gasteiger partial charge in [-0.15, -0.1) is 0 Å². The summed E-state index contributed by atoms with van der Waals surface area (Å²) in [4.78, 5) is 24.7. The highest BCUT2D eigenvalue weighted by molar-refractivity contribution is 6.29. The zero-order chi connectivity index (χ0) is 21.7. The number of ether oxygens (including phenoxy) is 2. The van der Waals surface area contributed by atoms with Crippen LogP contribution in [0.25, 0.3) is 0 Å². The minimum atomic E-state index is -1.84. The molecule has 0 spiro atoms. The van der Waals surface area contributed by atoms with Crippen LogP contribution in [-0.2, 0) is 19.1 Å². The van der Waals surface area contributed by atoms with Crippen LogP contribution in [0.3, 0.4) is 0 Å². The Morgan fingerprint density at radius 2 is 2.00 bits per heavy atom. The summed E-state index contributed by atoms with van der Waals surface area (Å²) in [7, 11) is 0. The van der Waals surface area contributed by atoms with E-state index in [1.54, 1.807) is 13.8 Å². The number of alkyl halides is 1. The van der Waals surface area contributed by atoms with E-state index in [1.165, 1.54) is 0 Å². The Kier molecular flexibility index (Phi) is 4.04. The molecule has 5 aliphatic rings. The maximum absolute atomic E-state index is 17.1. The Balaban J connectivity index is 1.65. The molecule has 30 heavy (non-hydrogen) atoms. The third kappa shape index (κ3) is 2.08. The zero-order valence-corrected chi connectivity index (χ0v) is 18.1. The largest absolute Gasteiger partial charge is 0.390 e. The molecule has 3 saturated carbocycles. The summed E-state index contributed by atoms with van der Waals surface area (Å²) >= 11 is 0. The molecular weight excluding hydrogens is 387 g/mol. The Morgan fingerprint density at radius 1 is 1.27 bits per heavy atom. The van der Waals surface area contributed by atoms with Crippen molar-refractivity contribution in [2.24, 2.45) is 22.7 Å². The monoisotopic (exact) mass is 418 g/mol. The van der Waals surface area contributed by atoms with Crippen molar-refractivity contribution in [3.05, 3.63) is 23.8 Å². The van der Waals surface area contributed by atoms with Crippen LogP contribution < -0.4 is 0 Å². The minimum absolute atomic E-state index is 0.0525. The van der Waals surface area contributed by atoms with Gasteiger partial charge in [0.05, 0.1) is 12.2 Å². The van der Waals surface area contributed by atoms with Crippen LogP contribution in [0.4, 0.5) is 4.39 Å². The number of aldehydes is 1. The van der Waals surface area contributed by atoms with Crippen LogP contribution in [0.5, 0.6) is 0 Å². The number of fused-ring (bicyclic) bond motifs is 7. The van der Waals surface area contributed by atoms with E-state index in [-0.39, 0.29) is 12.3 Å². The number of allylic oxidation sites excluding steroid dienone is 4. The molecule has 0 amide bonds. The number of ketones is 1. The summed E-state index contributed by atoms with van der Waals surface area (Å²) in [6.07, 6.45) is 7.06. The lowest BCUT2D eigenvalue weighted by Gasteiger charge is -2.62. The van der Waals surface area contributed by atoms with Crippen LogP contribution in [0.2, 0.25) is 0 Å². The minimum Gasteiger partial charge on any atom is -0.390 e. The molecule has 5 nitrogen and oxygen atoms in total. The second-order valence-electron chi connectivity index (χ2n) is 10.8. The molecule has 5 rings (SSSR count). The summed E-state index contributed by atoms with van der Waals surface area (Å²) in [5.41, 5.74) is -4.02. The average Bonchev–Trinajstić information content (AvgIpc) is 3.08. The van der Waals surface area contributed by atoms with Gasteiger partial charge in [0.15, 0.2) is 23.3 Å². The summed E-state index contributed by atoms with van der Waals surface area (Å²) in [6.45, 7) is 7.24. The third-order valence-corrected chi connectivity index (χ3v) is 9.16. The molecule has 164 valence electrons. The molecule has 0 bridgehead atoms. The highest BCUT2D eigenvalue weighted by atomic mass is 19.1. The first-order valence-electron chi connectivity index (χ1n) is 11.1. The van der Waals surface area contributed by atoms with Gasteiger partial charge in [-0.25, -0.2) is 4.39 Å². The standard InChI is InChI=1S/C24H31FO5/c1-20(2)29-19-11-16-15-9-8-14-7-5-6-10-21(14,3)23(15,25)17(27)12-22(16,4)24(19,30-20)18(28)13-26/h6-7,10,13,15-17,19,27H,5,8-9,11-12H2,1-4H3/t15-,16?,17-,19+,21-,22-,23-,24+/m0/s1. The van der Waals surface area contributed by atoms with E-state index in [2.05, 4.69) is 6.08 Å². The SMILES string of the molecule is CC1(C)O[C@@H]2CC3[C@@H]4CCC5=CCC=C[C@]5(C)[C@@]4(F)[C@@H](O)C[C@]3(C)[C@]2(C(=O)C=O)O1. The lowest BCUT2D eigenvalue weighted by Crippen LogP contribution is -2.69. The normalized spacial score (nSPS) is 53.2. The van der Waals surface area contributed by atoms with Crippen LogP contribution in [0.15, 0.2) is 23.8 Å². The highest BCUT2D eigenvalue weighted by Gasteiger charge is 2.80. The van der Waals surface area contributed by atoms with Crippen molar-refractivity contribution in [2.75, 3.05) is 0 Å². The van der Waals surface area contributed by atoms with Crippen molar-refractivity contribution in [3.8, 4) is 0 Å². The van der Waals surface area contributed by atoms with Crippen molar-refractivity contribution in [2.45, 2.75) is 89.1 Å². The average molecular weight is 419 g/mol. The second-order valence-corrected chi connectivity index (χ2v) is 10.8. The molecule has 4 aliphatic carbocycles. The molecule has 1 aliphatic heterocycles. The Hall–Kier alpha value is -1.37. The van der Waals surface area contributed by atoms with Gasteiger partial charge in [-0.3, -0.25) is 9.59 Å². The first-order chi connectivity index (χ1) is 14.0. The van der Waals surface area contributed by atoms with Crippen LogP contribution in [0.1, 0.15) is 59.8 Å². The van der Waals surface area contributed by atoms with Crippen LogP contribution >= 0.6 is 0 Å². The summed E-state index contributed by atoms with van der Waals surface area (Å²) in [5, 5.41) is 11.4. The molecule has 1 saturated heterocycles. The van der Waals surface area contributed by atoms with Crippen molar-refractivity contribution in [3.63, 3.8) is 0 Å². The number of hydrogen-bond acceptors (Lipinski definition) is 5. The fraction of sp³-hybridized carbons (Fsp3) is 0.750. The van der Waals surface area contributed by atoms with Crippen molar-refractivity contribution < 1.29 is 28.6 Å². The van der Waals surface area contributed by atoms with Crippen LogP contribution in [-0.4, -0.2) is 46.4 Å². The Labute approximate surface area is 176 Å². The molecule has 0 aromatic rings. The summed E-state index contributed by atoms with van der Waals surface area (Å²) in [5.74, 6) is -2.37. The van der Waals surface area contributed by atoms with Crippen molar-refractivity contribution >= 4 is 12.1 Å². The molecular formula is C24H31FO5. The molecule has 0 aromatic heterocycles. The third-order valence-electron chi connectivity index (χ3n) is 9.16. The first kappa shape index (κ1) is 20.5. The number of Topliss-reactive ketones (excluding diaryl/α,β-unsaturated/α-hetero) is 1. The van der Waals surface area contributed by atoms with E-state index < -0.39 is 51.8 Å². The topological polar surface area (TPSA) is 72.8 Å². The summed E-state index contributed by atoms with van der Waals surface area (Å²) < 4.78 is 29.4. The zero-order valence-electron chi connectivity index (χ0n) is 18.1. The Bertz CT molecular complexity index is 879. The lowest BCUT2D eigenvalue weighted by atomic mass is 9.44. The number of carbonyl (C=O) groups excluding carboxylic acids is 2. The number of rotatable bonds is 2. The smallest absolute Gasteiger partial charge is 0.230 e. The van der Waals surface area contributed by atoms with Gasteiger partial charge in [0, 0.05) is 16.7 Å².